The van der Waals surface area contributed by atoms with Crippen LogP contribution in [0.2, 0.25) is 5.02 Å². The summed E-state index contributed by atoms with van der Waals surface area (Å²) in [4.78, 5) is 12.1. The number of benzene rings is 2. The summed E-state index contributed by atoms with van der Waals surface area (Å²) in [5.74, 6) is -1.13. The van der Waals surface area contributed by atoms with Gasteiger partial charge in [0.05, 0.1) is 11.9 Å². The van der Waals surface area contributed by atoms with Crippen LogP contribution < -0.4 is 9.62 Å². The molecule has 0 bridgehead atoms. The summed E-state index contributed by atoms with van der Waals surface area (Å²) in [5, 5.41) is 3.26. The van der Waals surface area contributed by atoms with E-state index in [9.17, 15) is 22.0 Å². The summed E-state index contributed by atoms with van der Waals surface area (Å²) in [5.41, 5.74) is 0.715. The fourth-order valence-corrected chi connectivity index (χ4v) is 4.09. The Morgan fingerprint density at radius 1 is 1.18 bits per heavy atom. The summed E-state index contributed by atoms with van der Waals surface area (Å²) in [7, 11) is -3.93. The molecule has 2 aromatic carbocycles. The van der Waals surface area contributed by atoms with Crippen molar-refractivity contribution in [3.8, 4) is 0 Å². The first-order chi connectivity index (χ1) is 13.2. The third kappa shape index (κ3) is 6.96. The van der Waals surface area contributed by atoms with Crippen molar-refractivity contribution >= 4 is 45.0 Å². The summed E-state index contributed by atoms with van der Waals surface area (Å²) < 4.78 is 51.5. The lowest BCUT2D eigenvalue weighted by Gasteiger charge is -2.22. The largest absolute Gasteiger partial charge is 0.354 e. The van der Waals surface area contributed by atoms with Crippen molar-refractivity contribution in [2.24, 2.45) is 0 Å². The second-order valence-corrected chi connectivity index (χ2v) is 9.34. The molecular formula is C18H19ClF2N2O3S2. The van der Waals surface area contributed by atoms with E-state index < -0.39 is 34.1 Å². The zero-order valence-corrected chi connectivity index (χ0v) is 17.4. The third-order valence-electron chi connectivity index (χ3n) is 3.62. The van der Waals surface area contributed by atoms with Crippen molar-refractivity contribution < 1.29 is 22.0 Å². The molecule has 0 aliphatic carbocycles. The van der Waals surface area contributed by atoms with Gasteiger partial charge in [0, 0.05) is 29.1 Å². The number of anilines is 1. The molecule has 2 aromatic rings. The Labute approximate surface area is 172 Å². The standard InChI is InChI=1S/C18H19ClF2N2O3S2/c1-28(25,26)23(17-7-6-15(20)10-16(17)21)11-18(24)22-8-9-27-12-13-2-4-14(19)5-3-13/h2-7,10H,8-9,11-12H2,1H3,(H,22,24). The first-order valence-electron chi connectivity index (χ1n) is 8.18. The molecule has 0 atom stereocenters. The Bertz CT molecular complexity index is 925. The molecule has 28 heavy (non-hydrogen) atoms. The molecule has 5 nitrogen and oxygen atoms in total. The van der Waals surface area contributed by atoms with Gasteiger partial charge in [-0.1, -0.05) is 23.7 Å². The molecule has 0 radical (unpaired) electrons. The predicted molar refractivity (Wildman–Crippen MR) is 109 cm³/mol. The number of amides is 1. The maximum atomic E-state index is 13.9. The molecule has 0 heterocycles. The van der Waals surface area contributed by atoms with E-state index in [0.29, 0.717) is 27.7 Å². The Morgan fingerprint density at radius 2 is 1.86 bits per heavy atom. The van der Waals surface area contributed by atoms with Gasteiger partial charge in [0.1, 0.15) is 18.2 Å². The highest BCUT2D eigenvalue weighted by Crippen LogP contribution is 2.22. The smallest absolute Gasteiger partial charge is 0.240 e. The molecule has 0 unspecified atom stereocenters. The van der Waals surface area contributed by atoms with Crippen molar-refractivity contribution in [3.63, 3.8) is 0 Å². The monoisotopic (exact) mass is 448 g/mol. The average molecular weight is 449 g/mol. The van der Waals surface area contributed by atoms with Crippen molar-refractivity contribution in [3.05, 3.63) is 64.7 Å². The second-order valence-electron chi connectivity index (χ2n) is 5.89. The Kier molecular flexibility index (Phi) is 8.09. The Balaban J connectivity index is 1.85. The van der Waals surface area contributed by atoms with Crippen LogP contribution in [-0.2, 0) is 20.6 Å². The molecule has 0 spiro atoms. The number of thioether (sulfide) groups is 1. The molecule has 0 aromatic heterocycles. The molecular weight excluding hydrogens is 430 g/mol. The van der Waals surface area contributed by atoms with Crippen LogP contribution in [0.3, 0.4) is 0 Å². The van der Waals surface area contributed by atoms with E-state index >= 15 is 0 Å². The molecule has 2 rings (SSSR count). The molecule has 1 amide bonds. The molecule has 152 valence electrons. The highest BCUT2D eigenvalue weighted by molar-refractivity contribution is 7.98. The normalized spacial score (nSPS) is 11.3. The van der Waals surface area contributed by atoms with Crippen LogP contribution in [0.25, 0.3) is 0 Å². The van der Waals surface area contributed by atoms with Gasteiger partial charge in [0.2, 0.25) is 15.9 Å². The van der Waals surface area contributed by atoms with Crippen LogP contribution in [-0.4, -0.2) is 39.4 Å². The number of hydrogen-bond donors (Lipinski definition) is 1. The number of carbonyl (C=O) groups is 1. The van der Waals surface area contributed by atoms with Crippen LogP contribution in [0, 0.1) is 11.6 Å². The first kappa shape index (κ1) is 22.4. The van der Waals surface area contributed by atoms with E-state index in [2.05, 4.69) is 5.32 Å². The summed E-state index contributed by atoms with van der Waals surface area (Å²) in [6.45, 7) is -0.274. The highest BCUT2D eigenvalue weighted by atomic mass is 35.5. The first-order valence-corrected chi connectivity index (χ1v) is 11.6. The van der Waals surface area contributed by atoms with Gasteiger partial charge in [-0.3, -0.25) is 9.10 Å². The number of carbonyl (C=O) groups excluding carboxylic acids is 1. The van der Waals surface area contributed by atoms with E-state index in [1.807, 2.05) is 12.1 Å². The minimum atomic E-state index is -3.93. The zero-order chi connectivity index (χ0) is 20.7. The maximum Gasteiger partial charge on any atom is 0.240 e. The molecule has 10 heteroatoms. The van der Waals surface area contributed by atoms with Gasteiger partial charge in [0.25, 0.3) is 0 Å². The van der Waals surface area contributed by atoms with Crippen molar-refractivity contribution in [2.45, 2.75) is 5.75 Å². The van der Waals surface area contributed by atoms with Gasteiger partial charge in [-0.05, 0) is 29.8 Å². The third-order valence-corrected chi connectivity index (χ3v) is 6.03. The maximum absolute atomic E-state index is 13.9. The number of rotatable bonds is 9. The van der Waals surface area contributed by atoms with Gasteiger partial charge >= 0.3 is 0 Å². The van der Waals surface area contributed by atoms with Crippen LogP contribution >= 0.6 is 23.4 Å². The molecule has 0 fully saturated rings. The fraction of sp³-hybridized carbons (Fsp3) is 0.278. The van der Waals surface area contributed by atoms with Crippen LogP contribution in [0.4, 0.5) is 14.5 Å². The van der Waals surface area contributed by atoms with Gasteiger partial charge in [-0.25, -0.2) is 17.2 Å². The number of sulfonamides is 1. The molecule has 0 aliphatic heterocycles. The SMILES string of the molecule is CS(=O)(=O)N(CC(=O)NCCSCc1ccc(Cl)cc1)c1ccc(F)cc1F. The lowest BCUT2D eigenvalue weighted by molar-refractivity contribution is -0.119. The minimum absolute atomic E-state index is 0.320. The van der Waals surface area contributed by atoms with E-state index in [1.54, 1.807) is 23.9 Å². The Hall–Kier alpha value is -1.84. The molecule has 1 N–H and O–H groups in total. The number of nitrogens with zero attached hydrogens (tertiary/aromatic N) is 1. The van der Waals surface area contributed by atoms with Crippen molar-refractivity contribution in [1.29, 1.82) is 0 Å². The lowest BCUT2D eigenvalue weighted by Crippen LogP contribution is -2.41. The quantitative estimate of drug-likeness (QED) is 0.597. The molecule has 0 saturated carbocycles. The predicted octanol–water partition coefficient (Wildman–Crippen LogP) is 3.43. The second kappa shape index (κ2) is 10.1. The van der Waals surface area contributed by atoms with Crippen molar-refractivity contribution in [1.82, 2.24) is 5.32 Å². The number of hydrogen-bond acceptors (Lipinski definition) is 4. The zero-order valence-electron chi connectivity index (χ0n) is 15.0. The van der Waals surface area contributed by atoms with Gasteiger partial charge in [0.15, 0.2) is 0 Å². The van der Waals surface area contributed by atoms with Crippen LogP contribution in [0.5, 0.6) is 0 Å². The topological polar surface area (TPSA) is 66.5 Å². The fourth-order valence-electron chi connectivity index (χ4n) is 2.28. The highest BCUT2D eigenvalue weighted by Gasteiger charge is 2.23. The lowest BCUT2D eigenvalue weighted by atomic mass is 10.2. The van der Waals surface area contributed by atoms with Gasteiger partial charge in [-0.15, -0.1) is 0 Å². The minimum Gasteiger partial charge on any atom is -0.354 e. The summed E-state index contributed by atoms with van der Waals surface area (Å²) >= 11 is 7.41. The van der Waals surface area contributed by atoms with E-state index in [-0.39, 0.29) is 5.69 Å². The Morgan fingerprint density at radius 3 is 2.46 bits per heavy atom. The van der Waals surface area contributed by atoms with E-state index in [4.69, 9.17) is 11.6 Å². The average Bonchev–Trinajstić information content (AvgIpc) is 2.61. The van der Waals surface area contributed by atoms with Gasteiger partial charge < -0.3 is 5.32 Å². The van der Waals surface area contributed by atoms with Crippen molar-refractivity contribution in [2.75, 3.05) is 29.4 Å². The van der Waals surface area contributed by atoms with E-state index in [0.717, 1.165) is 29.7 Å². The number of nitrogens with one attached hydrogen (secondary N) is 1. The van der Waals surface area contributed by atoms with Gasteiger partial charge in [-0.2, -0.15) is 11.8 Å². The van der Waals surface area contributed by atoms with Crippen LogP contribution in [0.15, 0.2) is 42.5 Å². The van der Waals surface area contributed by atoms with E-state index in [1.165, 1.54) is 0 Å². The molecule has 0 saturated heterocycles. The summed E-state index contributed by atoms with van der Waals surface area (Å²) in [6.07, 6.45) is 0.852. The number of halogens is 3. The molecule has 0 aliphatic rings. The summed E-state index contributed by atoms with van der Waals surface area (Å²) in [6, 6.07) is 9.91. The van der Waals surface area contributed by atoms with Crippen LogP contribution in [0.1, 0.15) is 5.56 Å².